The second-order valence-electron chi connectivity index (χ2n) is 2.29. The van der Waals surface area contributed by atoms with Crippen LogP contribution in [0.1, 0.15) is 6.42 Å². The minimum Gasteiger partial charge on any atom is -0.382 e. The van der Waals surface area contributed by atoms with Crippen molar-refractivity contribution in [1.82, 2.24) is 0 Å². The molecule has 0 heterocycles. The van der Waals surface area contributed by atoms with Gasteiger partial charge in [-0.05, 0) is 18.4 Å². The van der Waals surface area contributed by atoms with Gasteiger partial charge in [-0.3, -0.25) is 4.79 Å². The van der Waals surface area contributed by atoms with E-state index in [0.717, 1.165) is 5.75 Å². The Bertz CT molecular complexity index is 132. The predicted molar refractivity (Wildman–Crippen MR) is 46.2 cm³/mol. The summed E-state index contributed by atoms with van der Waals surface area (Å²) in [7, 11) is 0. The number of carbonyl (C=O) groups excluding carboxylic acids is 1. The van der Waals surface area contributed by atoms with Gasteiger partial charge in [-0.15, -0.1) is 0 Å². The predicted octanol–water partition coefficient (Wildman–Crippen LogP) is -1.09. The van der Waals surface area contributed by atoms with E-state index in [9.17, 15) is 4.79 Å². The van der Waals surface area contributed by atoms with Crippen LogP contribution in [0.5, 0.6) is 0 Å². The molecule has 66 valence electrons. The van der Waals surface area contributed by atoms with Gasteiger partial charge in [-0.2, -0.15) is 11.8 Å². The fourth-order valence-electron chi connectivity index (χ4n) is 0.623. The van der Waals surface area contributed by atoms with Gasteiger partial charge in [0.15, 0.2) is 0 Å². The summed E-state index contributed by atoms with van der Waals surface area (Å²) in [5.74, 6) is 0.0736. The van der Waals surface area contributed by atoms with Crippen LogP contribution >= 0.6 is 11.8 Å². The SMILES string of the molecule is CSCCC(N)C(O)C(N)=O. The number of thioether (sulfide) groups is 1. The molecule has 11 heavy (non-hydrogen) atoms. The number of aliphatic hydroxyl groups is 1. The van der Waals surface area contributed by atoms with Crippen molar-refractivity contribution < 1.29 is 9.90 Å². The number of hydrogen-bond donors (Lipinski definition) is 3. The molecule has 0 radical (unpaired) electrons. The van der Waals surface area contributed by atoms with E-state index in [2.05, 4.69) is 0 Å². The zero-order valence-corrected chi connectivity index (χ0v) is 7.30. The van der Waals surface area contributed by atoms with E-state index in [4.69, 9.17) is 16.6 Å². The second-order valence-corrected chi connectivity index (χ2v) is 3.28. The summed E-state index contributed by atoms with van der Waals surface area (Å²) in [5.41, 5.74) is 10.3. The van der Waals surface area contributed by atoms with E-state index in [0.29, 0.717) is 6.42 Å². The van der Waals surface area contributed by atoms with E-state index < -0.39 is 18.1 Å². The molecule has 0 spiro atoms. The van der Waals surface area contributed by atoms with Crippen molar-refractivity contribution in [3.8, 4) is 0 Å². The van der Waals surface area contributed by atoms with E-state index in [1.807, 2.05) is 6.26 Å². The molecule has 0 aromatic rings. The molecule has 5 N–H and O–H groups in total. The van der Waals surface area contributed by atoms with Crippen molar-refractivity contribution >= 4 is 17.7 Å². The molecule has 0 saturated heterocycles. The maximum Gasteiger partial charge on any atom is 0.247 e. The van der Waals surface area contributed by atoms with Gasteiger partial charge in [0.1, 0.15) is 6.10 Å². The summed E-state index contributed by atoms with van der Waals surface area (Å²) < 4.78 is 0. The van der Waals surface area contributed by atoms with Gasteiger partial charge in [-0.1, -0.05) is 0 Å². The van der Waals surface area contributed by atoms with Gasteiger partial charge in [0.05, 0.1) is 0 Å². The third-order valence-corrected chi connectivity index (χ3v) is 2.00. The maximum atomic E-state index is 10.4. The number of nitrogens with two attached hydrogens (primary N) is 2. The Morgan fingerprint density at radius 1 is 1.73 bits per heavy atom. The first kappa shape index (κ1) is 10.7. The molecule has 0 aromatic carbocycles. The number of hydrogen-bond acceptors (Lipinski definition) is 4. The van der Waals surface area contributed by atoms with Gasteiger partial charge < -0.3 is 16.6 Å². The molecule has 2 atom stereocenters. The van der Waals surface area contributed by atoms with Crippen LogP contribution in [-0.4, -0.2) is 35.2 Å². The van der Waals surface area contributed by atoms with Gasteiger partial charge in [-0.25, -0.2) is 0 Å². The van der Waals surface area contributed by atoms with Crippen LogP contribution in [0, 0.1) is 0 Å². The number of primary amides is 1. The minimum atomic E-state index is -1.21. The van der Waals surface area contributed by atoms with Crippen molar-refractivity contribution in [2.24, 2.45) is 11.5 Å². The van der Waals surface area contributed by atoms with Crippen molar-refractivity contribution in [3.63, 3.8) is 0 Å². The monoisotopic (exact) mass is 178 g/mol. The first-order valence-electron chi connectivity index (χ1n) is 3.31. The van der Waals surface area contributed by atoms with E-state index in [1.165, 1.54) is 0 Å². The largest absolute Gasteiger partial charge is 0.382 e. The van der Waals surface area contributed by atoms with Crippen LogP contribution in [0.2, 0.25) is 0 Å². The average Bonchev–Trinajstić information content (AvgIpc) is 1.98. The Morgan fingerprint density at radius 3 is 2.64 bits per heavy atom. The fraction of sp³-hybridized carbons (Fsp3) is 0.833. The summed E-state index contributed by atoms with van der Waals surface area (Å²) in [4.78, 5) is 10.4. The molecular formula is C6H14N2O2S. The molecule has 5 heteroatoms. The molecule has 0 bridgehead atoms. The van der Waals surface area contributed by atoms with Crippen LogP contribution in [0.3, 0.4) is 0 Å². The first-order valence-corrected chi connectivity index (χ1v) is 4.71. The summed E-state index contributed by atoms with van der Waals surface area (Å²) in [6.07, 6.45) is 1.33. The molecular weight excluding hydrogens is 164 g/mol. The molecule has 0 aromatic heterocycles. The lowest BCUT2D eigenvalue weighted by Crippen LogP contribution is -2.44. The number of amides is 1. The number of aliphatic hydroxyl groups excluding tert-OH is 1. The highest BCUT2D eigenvalue weighted by Gasteiger charge is 2.19. The van der Waals surface area contributed by atoms with Crippen LogP contribution < -0.4 is 11.5 Å². The lowest BCUT2D eigenvalue weighted by Gasteiger charge is -2.14. The van der Waals surface area contributed by atoms with Crippen LogP contribution in [0.4, 0.5) is 0 Å². The quantitative estimate of drug-likeness (QED) is 0.499. The molecule has 0 aliphatic rings. The Hall–Kier alpha value is -0.260. The van der Waals surface area contributed by atoms with Crippen LogP contribution in [-0.2, 0) is 4.79 Å². The van der Waals surface area contributed by atoms with Gasteiger partial charge in [0.2, 0.25) is 5.91 Å². The smallest absolute Gasteiger partial charge is 0.247 e. The third-order valence-electron chi connectivity index (χ3n) is 1.35. The zero-order chi connectivity index (χ0) is 8.85. The zero-order valence-electron chi connectivity index (χ0n) is 6.49. The standard InChI is InChI=1S/C6H14N2O2S/c1-11-3-2-4(7)5(9)6(8)10/h4-5,9H,2-3,7H2,1H3,(H2,8,10). The minimum absolute atomic E-state index is 0.528. The summed E-state index contributed by atoms with van der Waals surface area (Å²) in [6, 6.07) is -0.528. The molecule has 0 saturated carbocycles. The van der Waals surface area contributed by atoms with E-state index in [-0.39, 0.29) is 0 Å². The van der Waals surface area contributed by atoms with Crippen molar-refractivity contribution in [3.05, 3.63) is 0 Å². The Morgan fingerprint density at radius 2 is 2.27 bits per heavy atom. The number of rotatable bonds is 5. The average molecular weight is 178 g/mol. The normalized spacial score (nSPS) is 15.9. The molecule has 0 aliphatic carbocycles. The van der Waals surface area contributed by atoms with Crippen molar-refractivity contribution in [1.29, 1.82) is 0 Å². The van der Waals surface area contributed by atoms with E-state index in [1.54, 1.807) is 11.8 Å². The lowest BCUT2D eigenvalue weighted by atomic mass is 10.1. The Labute approximate surface area is 70.3 Å². The summed E-state index contributed by atoms with van der Waals surface area (Å²) >= 11 is 1.62. The molecule has 4 nitrogen and oxygen atoms in total. The maximum absolute atomic E-state index is 10.4. The topological polar surface area (TPSA) is 89.3 Å². The third kappa shape index (κ3) is 4.23. The van der Waals surface area contributed by atoms with Crippen molar-refractivity contribution in [2.75, 3.05) is 12.0 Å². The molecule has 0 rings (SSSR count). The highest BCUT2D eigenvalue weighted by molar-refractivity contribution is 7.98. The highest BCUT2D eigenvalue weighted by atomic mass is 32.2. The van der Waals surface area contributed by atoms with Crippen LogP contribution in [0.15, 0.2) is 0 Å². The molecule has 0 aliphatic heterocycles. The molecule has 1 amide bonds. The van der Waals surface area contributed by atoms with E-state index >= 15 is 0 Å². The number of carbonyl (C=O) groups is 1. The second kappa shape index (κ2) is 5.40. The summed E-state index contributed by atoms with van der Waals surface area (Å²) in [6.45, 7) is 0. The summed E-state index contributed by atoms with van der Waals surface area (Å²) in [5, 5.41) is 9.01. The van der Waals surface area contributed by atoms with Crippen LogP contribution in [0.25, 0.3) is 0 Å². The fourth-order valence-corrected chi connectivity index (χ4v) is 1.13. The Kier molecular flexibility index (Phi) is 5.27. The Balaban J connectivity index is 3.63. The molecule has 2 unspecified atom stereocenters. The molecule has 0 fully saturated rings. The van der Waals surface area contributed by atoms with Crippen molar-refractivity contribution in [2.45, 2.75) is 18.6 Å². The first-order chi connectivity index (χ1) is 5.09. The lowest BCUT2D eigenvalue weighted by molar-refractivity contribution is -0.126. The van der Waals surface area contributed by atoms with Gasteiger partial charge in [0.25, 0.3) is 0 Å². The highest BCUT2D eigenvalue weighted by Crippen LogP contribution is 2.01. The van der Waals surface area contributed by atoms with Gasteiger partial charge >= 0.3 is 0 Å². The van der Waals surface area contributed by atoms with Gasteiger partial charge in [0, 0.05) is 6.04 Å².